The van der Waals surface area contributed by atoms with Crippen LogP contribution >= 0.6 is 11.8 Å². The molecule has 0 bridgehead atoms. The van der Waals surface area contributed by atoms with E-state index in [9.17, 15) is 19.7 Å². The number of hydrogen-bond acceptors (Lipinski definition) is 7. The number of nitro groups is 1. The molecule has 31 heavy (non-hydrogen) atoms. The van der Waals surface area contributed by atoms with Gasteiger partial charge in [-0.05, 0) is 29.7 Å². The van der Waals surface area contributed by atoms with Crippen molar-refractivity contribution >= 4 is 29.3 Å². The zero-order chi connectivity index (χ0) is 21.6. The van der Waals surface area contributed by atoms with Crippen molar-refractivity contribution in [3.05, 3.63) is 75.8 Å². The van der Waals surface area contributed by atoms with Crippen LogP contribution < -0.4 is 5.32 Å². The SMILES string of the molecule is O=C(Cc1ccccc1)NC1C2SC3CCN3C12C(=O)OCc1ccc([N+](=O)[O-])cc1. The molecule has 1 aliphatic carbocycles. The predicted molar refractivity (Wildman–Crippen MR) is 114 cm³/mol. The molecule has 1 amide bonds. The molecule has 3 aliphatic rings. The smallest absolute Gasteiger partial charge is 0.330 e. The molecule has 2 aromatic carbocycles. The summed E-state index contributed by atoms with van der Waals surface area (Å²) in [6.07, 6.45) is 1.30. The van der Waals surface area contributed by atoms with E-state index in [0.717, 1.165) is 18.5 Å². The number of hydrogen-bond donors (Lipinski definition) is 1. The molecule has 4 atom stereocenters. The predicted octanol–water partition coefficient (Wildman–Crippen LogP) is 2.27. The Balaban J connectivity index is 1.25. The molecule has 2 saturated heterocycles. The first kappa shape index (κ1) is 20.0. The summed E-state index contributed by atoms with van der Waals surface area (Å²) in [6, 6.07) is 15.2. The summed E-state index contributed by atoms with van der Waals surface area (Å²) in [6.45, 7) is 0.852. The van der Waals surface area contributed by atoms with Gasteiger partial charge in [-0.1, -0.05) is 30.3 Å². The van der Waals surface area contributed by atoms with Crippen LogP contribution in [0, 0.1) is 10.1 Å². The number of fused-ring (bicyclic) bond motifs is 3. The second-order valence-electron chi connectivity index (χ2n) is 8.03. The van der Waals surface area contributed by atoms with Crippen molar-refractivity contribution in [1.82, 2.24) is 10.2 Å². The number of carbonyl (C=O) groups excluding carboxylic acids is 2. The highest BCUT2D eigenvalue weighted by molar-refractivity contribution is 8.01. The molecule has 1 saturated carbocycles. The minimum absolute atomic E-state index is 0.00673. The lowest BCUT2D eigenvalue weighted by molar-refractivity contribution is -0.384. The summed E-state index contributed by atoms with van der Waals surface area (Å²) in [5, 5.41) is 14.1. The number of non-ortho nitro benzene ring substituents is 1. The van der Waals surface area contributed by atoms with Gasteiger partial charge in [-0.3, -0.25) is 19.8 Å². The maximum atomic E-state index is 13.2. The van der Waals surface area contributed by atoms with Gasteiger partial charge in [-0.25, -0.2) is 4.79 Å². The third-order valence-corrected chi connectivity index (χ3v) is 7.94. The Labute approximate surface area is 183 Å². The van der Waals surface area contributed by atoms with Crippen LogP contribution in [-0.4, -0.2) is 50.4 Å². The highest BCUT2D eigenvalue weighted by atomic mass is 32.2. The van der Waals surface area contributed by atoms with E-state index < -0.39 is 10.5 Å². The fourth-order valence-corrected chi connectivity index (χ4v) is 6.44. The van der Waals surface area contributed by atoms with E-state index in [2.05, 4.69) is 10.2 Å². The summed E-state index contributed by atoms with van der Waals surface area (Å²) < 4.78 is 5.62. The maximum absolute atomic E-state index is 13.2. The van der Waals surface area contributed by atoms with Gasteiger partial charge in [0.05, 0.1) is 28.0 Å². The molecule has 3 fully saturated rings. The third-order valence-electron chi connectivity index (χ3n) is 6.21. The number of carbonyl (C=O) groups is 2. The van der Waals surface area contributed by atoms with Gasteiger partial charge >= 0.3 is 5.97 Å². The van der Waals surface area contributed by atoms with Crippen molar-refractivity contribution < 1.29 is 19.2 Å². The molecule has 4 unspecified atom stereocenters. The number of esters is 1. The number of amides is 1. The Bertz CT molecular complexity index is 1030. The molecule has 2 aromatic rings. The normalized spacial score (nSPS) is 28.1. The standard InChI is InChI=1S/C22H21N3O5S/c26-17(12-14-4-2-1-3-5-14)23-19-20-22(19,24-11-10-18(24)31-20)21(27)30-13-15-6-8-16(9-7-15)25(28)29/h1-9,18-20H,10-13H2,(H,23,26). The van der Waals surface area contributed by atoms with E-state index in [0.29, 0.717) is 10.9 Å². The van der Waals surface area contributed by atoms with Crippen LogP contribution in [0.25, 0.3) is 0 Å². The van der Waals surface area contributed by atoms with Gasteiger partial charge in [0, 0.05) is 18.7 Å². The molecule has 5 rings (SSSR count). The molecule has 9 heteroatoms. The summed E-state index contributed by atoms with van der Waals surface area (Å²) in [5.74, 6) is -0.443. The average molecular weight is 439 g/mol. The third kappa shape index (κ3) is 3.37. The Morgan fingerprint density at radius 2 is 1.90 bits per heavy atom. The lowest BCUT2D eigenvalue weighted by Crippen LogP contribution is -2.58. The minimum Gasteiger partial charge on any atom is -0.459 e. The fraction of sp³-hybridized carbons (Fsp3) is 0.364. The highest BCUT2D eigenvalue weighted by Gasteiger charge is 2.81. The van der Waals surface area contributed by atoms with E-state index >= 15 is 0 Å². The van der Waals surface area contributed by atoms with Crippen molar-refractivity contribution in [2.75, 3.05) is 6.54 Å². The summed E-state index contributed by atoms with van der Waals surface area (Å²) in [7, 11) is 0. The van der Waals surface area contributed by atoms with Gasteiger partial charge in [-0.2, -0.15) is 0 Å². The number of rotatable bonds is 7. The molecular formula is C22H21N3O5S. The Morgan fingerprint density at radius 1 is 1.16 bits per heavy atom. The molecule has 0 aromatic heterocycles. The van der Waals surface area contributed by atoms with Crippen LogP contribution in [0.2, 0.25) is 0 Å². The molecule has 2 aliphatic heterocycles. The molecular weight excluding hydrogens is 418 g/mol. The van der Waals surface area contributed by atoms with Crippen molar-refractivity contribution in [3.63, 3.8) is 0 Å². The Morgan fingerprint density at radius 3 is 2.55 bits per heavy atom. The highest BCUT2D eigenvalue weighted by Crippen LogP contribution is 2.64. The quantitative estimate of drug-likeness (QED) is 0.401. The number of nitrogens with one attached hydrogen (secondary N) is 1. The van der Waals surface area contributed by atoms with Crippen LogP contribution in [0.4, 0.5) is 5.69 Å². The molecule has 2 heterocycles. The van der Waals surface area contributed by atoms with Crippen LogP contribution in [0.15, 0.2) is 54.6 Å². The van der Waals surface area contributed by atoms with Crippen LogP contribution in [0.5, 0.6) is 0 Å². The Kier molecular flexibility index (Phi) is 4.94. The molecule has 160 valence electrons. The fourth-order valence-electron chi connectivity index (χ4n) is 4.50. The molecule has 0 spiro atoms. The molecule has 1 N–H and O–H groups in total. The van der Waals surface area contributed by atoms with Gasteiger partial charge in [-0.15, -0.1) is 11.8 Å². The van der Waals surface area contributed by atoms with Crippen molar-refractivity contribution in [1.29, 1.82) is 0 Å². The van der Waals surface area contributed by atoms with E-state index in [1.165, 1.54) is 12.1 Å². The number of benzene rings is 2. The summed E-state index contributed by atoms with van der Waals surface area (Å²) in [4.78, 5) is 38.2. The van der Waals surface area contributed by atoms with Crippen molar-refractivity contribution in [3.8, 4) is 0 Å². The summed E-state index contributed by atoms with van der Waals surface area (Å²) in [5.41, 5.74) is 0.798. The van der Waals surface area contributed by atoms with Crippen molar-refractivity contribution in [2.24, 2.45) is 0 Å². The van der Waals surface area contributed by atoms with E-state index in [1.807, 2.05) is 30.3 Å². The van der Waals surface area contributed by atoms with Gasteiger partial charge in [0.1, 0.15) is 6.61 Å². The van der Waals surface area contributed by atoms with E-state index in [-0.39, 0.29) is 41.9 Å². The average Bonchev–Trinajstić information content (AvgIpc) is 3.27. The molecule has 8 nitrogen and oxygen atoms in total. The van der Waals surface area contributed by atoms with Crippen molar-refractivity contribution in [2.45, 2.75) is 41.7 Å². The monoisotopic (exact) mass is 439 g/mol. The first-order chi connectivity index (χ1) is 15.0. The van der Waals surface area contributed by atoms with Crippen LogP contribution in [0.3, 0.4) is 0 Å². The van der Waals surface area contributed by atoms with Gasteiger partial charge in [0.25, 0.3) is 5.69 Å². The first-order valence-electron chi connectivity index (χ1n) is 10.2. The van der Waals surface area contributed by atoms with E-state index in [4.69, 9.17) is 4.74 Å². The maximum Gasteiger partial charge on any atom is 0.330 e. The zero-order valence-electron chi connectivity index (χ0n) is 16.6. The zero-order valence-corrected chi connectivity index (χ0v) is 17.4. The number of nitrogens with zero attached hydrogens (tertiary/aromatic N) is 2. The second kappa shape index (κ2) is 7.65. The lowest BCUT2D eigenvalue weighted by atomic mass is 10.1. The largest absolute Gasteiger partial charge is 0.459 e. The van der Waals surface area contributed by atoms with Gasteiger partial charge in [0.2, 0.25) is 5.91 Å². The lowest BCUT2D eigenvalue weighted by Gasteiger charge is -2.41. The van der Waals surface area contributed by atoms with E-state index in [1.54, 1.807) is 23.9 Å². The van der Waals surface area contributed by atoms with Crippen LogP contribution in [0.1, 0.15) is 17.5 Å². The number of ether oxygens (including phenoxy) is 1. The van der Waals surface area contributed by atoms with Gasteiger partial charge in [0.15, 0.2) is 5.54 Å². The summed E-state index contributed by atoms with van der Waals surface area (Å²) >= 11 is 1.74. The minimum atomic E-state index is -0.805. The number of thioether (sulfide) groups is 1. The topological polar surface area (TPSA) is 102 Å². The first-order valence-corrected chi connectivity index (χ1v) is 11.1. The Hall–Kier alpha value is -2.91. The second-order valence-corrected chi connectivity index (χ2v) is 9.35. The molecule has 0 radical (unpaired) electrons. The van der Waals surface area contributed by atoms with Crippen LogP contribution in [-0.2, 0) is 27.4 Å². The van der Waals surface area contributed by atoms with Gasteiger partial charge < -0.3 is 10.1 Å². The number of nitro benzene ring substituents is 1.